The van der Waals surface area contributed by atoms with Gasteiger partial charge in [0.2, 0.25) is 5.91 Å². The van der Waals surface area contributed by atoms with Gasteiger partial charge in [0.15, 0.2) is 0 Å². The molecule has 1 saturated carbocycles. The van der Waals surface area contributed by atoms with E-state index in [-0.39, 0.29) is 30.3 Å². The first-order chi connectivity index (χ1) is 16.3. The number of carbonyl (C=O) groups is 3. The Morgan fingerprint density at radius 3 is 2.29 bits per heavy atom. The molecular weight excluding hydrogens is 432 g/mol. The quantitative estimate of drug-likeness (QED) is 0.676. The predicted octanol–water partition coefficient (Wildman–Crippen LogP) is 4.02. The molecular formula is C27H30N2O5. The van der Waals surface area contributed by atoms with Gasteiger partial charge < -0.3 is 20.1 Å². The molecule has 0 bridgehead atoms. The molecule has 178 valence electrons. The Morgan fingerprint density at radius 1 is 1.09 bits per heavy atom. The van der Waals surface area contributed by atoms with Crippen molar-refractivity contribution in [2.24, 2.45) is 11.8 Å². The van der Waals surface area contributed by atoms with Crippen molar-refractivity contribution in [3.8, 4) is 11.1 Å². The van der Waals surface area contributed by atoms with Crippen LogP contribution in [0, 0.1) is 11.8 Å². The normalized spacial score (nSPS) is 23.5. The number of benzene rings is 2. The summed E-state index contributed by atoms with van der Waals surface area (Å²) >= 11 is 0. The van der Waals surface area contributed by atoms with Crippen LogP contribution < -0.4 is 5.32 Å². The van der Waals surface area contributed by atoms with E-state index in [1.54, 1.807) is 0 Å². The Hall–Kier alpha value is -3.35. The van der Waals surface area contributed by atoms with Gasteiger partial charge in [-0.1, -0.05) is 62.4 Å². The third-order valence-electron chi connectivity index (χ3n) is 7.67. The maximum Gasteiger partial charge on any atom is 0.407 e. The van der Waals surface area contributed by atoms with E-state index in [9.17, 15) is 19.5 Å². The van der Waals surface area contributed by atoms with Gasteiger partial charge in [-0.15, -0.1) is 0 Å². The van der Waals surface area contributed by atoms with E-state index >= 15 is 0 Å². The number of hydrogen-bond donors (Lipinski definition) is 2. The van der Waals surface area contributed by atoms with Crippen LogP contribution in [0.4, 0.5) is 4.79 Å². The lowest BCUT2D eigenvalue weighted by molar-refractivity contribution is -0.156. The van der Waals surface area contributed by atoms with Crippen LogP contribution in [0.2, 0.25) is 0 Å². The molecule has 2 aromatic carbocycles. The van der Waals surface area contributed by atoms with E-state index in [2.05, 4.69) is 29.6 Å². The number of aliphatic carboxylic acids is 1. The van der Waals surface area contributed by atoms with E-state index in [0.717, 1.165) is 35.1 Å². The molecule has 2 amide bonds. The number of ether oxygens (including phenoxy) is 1. The Morgan fingerprint density at radius 2 is 1.71 bits per heavy atom. The Bertz CT molecular complexity index is 1100. The Labute approximate surface area is 199 Å². The Kier molecular flexibility index (Phi) is 5.58. The highest BCUT2D eigenvalue weighted by atomic mass is 16.5. The number of likely N-dealkylation sites (tertiary alicyclic amines) is 1. The number of piperidine rings is 1. The van der Waals surface area contributed by atoms with Crippen LogP contribution in [0.15, 0.2) is 48.5 Å². The molecule has 5 rings (SSSR count). The van der Waals surface area contributed by atoms with Crippen LogP contribution in [0.1, 0.15) is 50.2 Å². The summed E-state index contributed by atoms with van der Waals surface area (Å²) in [5, 5.41) is 12.6. The molecule has 3 atom stereocenters. The zero-order chi connectivity index (χ0) is 24.0. The van der Waals surface area contributed by atoms with Crippen molar-refractivity contribution in [3.63, 3.8) is 0 Å². The third-order valence-corrected chi connectivity index (χ3v) is 7.67. The molecule has 2 aromatic rings. The number of amides is 2. The van der Waals surface area contributed by atoms with Gasteiger partial charge in [-0.25, -0.2) is 9.59 Å². The molecule has 34 heavy (non-hydrogen) atoms. The smallest absolute Gasteiger partial charge is 0.407 e. The van der Waals surface area contributed by atoms with Crippen LogP contribution >= 0.6 is 0 Å². The van der Waals surface area contributed by atoms with E-state index < -0.39 is 23.6 Å². The van der Waals surface area contributed by atoms with Gasteiger partial charge >= 0.3 is 12.1 Å². The first-order valence-corrected chi connectivity index (χ1v) is 12.0. The summed E-state index contributed by atoms with van der Waals surface area (Å²) < 4.78 is 5.63. The highest BCUT2D eigenvalue weighted by molar-refractivity contribution is 5.94. The van der Waals surface area contributed by atoms with Crippen molar-refractivity contribution < 1.29 is 24.2 Å². The SMILES string of the molecule is CC(C)C(NC(=O)OCC1c2ccccc2-c2ccccc21)C(=O)N1CCC[C@@H]2C[C@@]21C(=O)O. The largest absolute Gasteiger partial charge is 0.479 e. The van der Waals surface area contributed by atoms with Gasteiger partial charge in [0.05, 0.1) is 0 Å². The number of fused-ring (bicyclic) bond motifs is 4. The number of alkyl carbamates (subject to hydrolysis) is 1. The van der Waals surface area contributed by atoms with Crippen molar-refractivity contribution in [2.75, 3.05) is 13.2 Å². The summed E-state index contributed by atoms with van der Waals surface area (Å²) in [6.45, 7) is 4.24. The van der Waals surface area contributed by atoms with E-state index in [1.165, 1.54) is 4.90 Å². The number of carboxylic acid groups (broad SMARTS) is 1. The van der Waals surface area contributed by atoms with Crippen LogP contribution in [0.3, 0.4) is 0 Å². The molecule has 0 spiro atoms. The summed E-state index contributed by atoms with van der Waals surface area (Å²) in [4.78, 5) is 39.7. The summed E-state index contributed by atoms with van der Waals surface area (Å²) in [6, 6.07) is 15.4. The Balaban J connectivity index is 1.28. The standard InChI is InChI=1S/C27H30N2O5/c1-16(2)23(24(30)29-13-7-8-17-14-27(17,29)25(31)32)28-26(33)34-15-22-20-11-5-3-9-18(20)19-10-4-6-12-21(19)22/h3-6,9-12,16-17,22-23H,7-8,13-15H2,1-2H3,(H,28,33)(H,31,32)/t17-,23?,27+/m1/s1. The van der Waals surface area contributed by atoms with Crippen LogP contribution in [-0.4, -0.2) is 52.7 Å². The van der Waals surface area contributed by atoms with E-state index in [4.69, 9.17) is 4.74 Å². The van der Waals surface area contributed by atoms with Crippen molar-refractivity contribution in [1.29, 1.82) is 0 Å². The molecule has 1 unspecified atom stereocenters. The fourth-order valence-corrected chi connectivity index (χ4v) is 5.82. The number of nitrogens with zero attached hydrogens (tertiary/aromatic N) is 1. The maximum atomic E-state index is 13.4. The molecule has 1 heterocycles. The van der Waals surface area contributed by atoms with E-state index in [1.807, 2.05) is 38.1 Å². The zero-order valence-electron chi connectivity index (χ0n) is 19.5. The van der Waals surface area contributed by atoms with Gasteiger partial charge in [-0.2, -0.15) is 0 Å². The van der Waals surface area contributed by atoms with Crippen molar-refractivity contribution >= 4 is 18.0 Å². The molecule has 2 fully saturated rings. The summed E-state index contributed by atoms with van der Waals surface area (Å²) in [5.74, 6) is -1.57. The molecule has 7 nitrogen and oxygen atoms in total. The highest BCUT2D eigenvalue weighted by Crippen LogP contribution is 2.54. The van der Waals surface area contributed by atoms with Gasteiger partial charge in [0, 0.05) is 12.5 Å². The minimum atomic E-state index is -1.11. The summed E-state index contributed by atoms with van der Waals surface area (Å²) in [6.07, 6.45) is 1.43. The highest BCUT2D eigenvalue weighted by Gasteiger charge is 2.67. The second-order valence-corrected chi connectivity index (χ2v) is 9.95. The fraction of sp³-hybridized carbons (Fsp3) is 0.444. The lowest BCUT2D eigenvalue weighted by Crippen LogP contribution is -2.59. The molecule has 1 aliphatic heterocycles. The topological polar surface area (TPSA) is 95.9 Å². The third kappa shape index (κ3) is 3.54. The fourth-order valence-electron chi connectivity index (χ4n) is 5.82. The average molecular weight is 463 g/mol. The number of carbonyl (C=O) groups excluding carboxylic acids is 2. The predicted molar refractivity (Wildman–Crippen MR) is 126 cm³/mol. The number of carboxylic acids is 1. The van der Waals surface area contributed by atoms with Crippen LogP contribution in [-0.2, 0) is 14.3 Å². The minimum Gasteiger partial charge on any atom is -0.479 e. The lowest BCUT2D eigenvalue weighted by atomic mass is 9.97. The van der Waals surface area contributed by atoms with E-state index in [0.29, 0.717) is 13.0 Å². The second kappa shape index (κ2) is 8.46. The van der Waals surface area contributed by atoms with Crippen molar-refractivity contribution in [1.82, 2.24) is 10.2 Å². The van der Waals surface area contributed by atoms with Crippen molar-refractivity contribution in [2.45, 2.75) is 50.6 Å². The zero-order valence-corrected chi connectivity index (χ0v) is 19.5. The van der Waals surface area contributed by atoms with Crippen molar-refractivity contribution in [3.05, 3.63) is 59.7 Å². The number of hydrogen-bond acceptors (Lipinski definition) is 4. The summed E-state index contributed by atoms with van der Waals surface area (Å²) in [7, 11) is 0. The first kappa shape index (κ1) is 22.4. The van der Waals surface area contributed by atoms with Crippen LogP contribution in [0.5, 0.6) is 0 Å². The molecule has 0 aromatic heterocycles. The maximum absolute atomic E-state index is 13.4. The molecule has 3 aliphatic rings. The van der Waals surface area contributed by atoms with Gasteiger partial charge in [0.25, 0.3) is 0 Å². The molecule has 2 N–H and O–H groups in total. The van der Waals surface area contributed by atoms with Gasteiger partial charge in [-0.05, 0) is 53.4 Å². The lowest BCUT2D eigenvalue weighted by Gasteiger charge is -2.37. The minimum absolute atomic E-state index is 0.00460. The first-order valence-electron chi connectivity index (χ1n) is 12.0. The van der Waals surface area contributed by atoms with Crippen LogP contribution in [0.25, 0.3) is 11.1 Å². The number of nitrogens with one attached hydrogen (secondary N) is 1. The monoisotopic (exact) mass is 462 g/mol. The van der Waals surface area contributed by atoms with Gasteiger partial charge in [0.1, 0.15) is 18.2 Å². The molecule has 2 aliphatic carbocycles. The molecule has 7 heteroatoms. The number of rotatable bonds is 6. The molecule has 1 saturated heterocycles. The van der Waals surface area contributed by atoms with Gasteiger partial charge in [-0.3, -0.25) is 4.79 Å². The average Bonchev–Trinajstić information content (AvgIpc) is 3.51. The molecule has 0 radical (unpaired) electrons. The summed E-state index contributed by atoms with van der Waals surface area (Å²) in [5.41, 5.74) is 3.41. The second-order valence-electron chi connectivity index (χ2n) is 9.95.